The van der Waals surface area contributed by atoms with Crippen molar-refractivity contribution in [2.45, 2.75) is 103 Å². The lowest BCUT2D eigenvalue weighted by molar-refractivity contribution is -0.138. The summed E-state index contributed by atoms with van der Waals surface area (Å²) in [7, 11) is 0. The first-order chi connectivity index (χ1) is 13.7. The van der Waals surface area contributed by atoms with Crippen molar-refractivity contribution in [1.29, 1.82) is 0 Å². The summed E-state index contributed by atoms with van der Waals surface area (Å²) in [4.78, 5) is 21.7. The third-order valence-electron chi connectivity index (χ3n) is 4.86. The molecule has 4 nitrogen and oxygen atoms in total. The van der Waals surface area contributed by atoms with Crippen molar-refractivity contribution in [2.75, 3.05) is 13.2 Å². The number of hydrogen-bond donors (Lipinski definition) is 0. The van der Waals surface area contributed by atoms with Crippen LogP contribution < -0.4 is 0 Å². The molecule has 0 amide bonds. The standard InChI is InChI=1S/C24H42O4/c1-3-23(25)27-21-19-17-15-13-11-9-7-5-6-8-10-12-14-16-18-20-22-28-24(26)4-2/h3-4H,1-2,5-22H2. The summed E-state index contributed by atoms with van der Waals surface area (Å²) in [6.07, 6.45) is 22.5. The van der Waals surface area contributed by atoms with Gasteiger partial charge in [0.25, 0.3) is 0 Å². The zero-order valence-corrected chi connectivity index (χ0v) is 17.9. The van der Waals surface area contributed by atoms with Gasteiger partial charge in [-0.05, 0) is 12.8 Å². The molecule has 0 atom stereocenters. The monoisotopic (exact) mass is 394 g/mol. The Bertz CT molecular complexity index is 365. The second-order valence-electron chi connectivity index (χ2n) is 7.40. The van der Waals surface area contributed by atoms with Crippen LogP contribution in [0.3, 0.4) is 0 Å². The summed E-state index contributed by atoms with van der Waals surface area (Å²) in [5.41, 5.74) is 0. The summed E-state index contributed by atoms with van der Waals surface area (Å²) in [5, 5.41) is 0. The fourth-order valence-electron chi connectivity index (χ4n) is 3.14. The Morgan fingerprint density at radius 1 is 0.464 bits per heavy atom. The van der Waals surface area contributed by atoms with E-state index in [1.807, 2.05) is 0 Å². The molecule has 0 heterocycles. The average molecular weight is 395 g/mol. The SMILES string of the molecule is C=CC(=O)OCCCCCCCCCCCCCCCCCCOC(=O)C=C. The predicted molar refractivity (Wildman–Crippen MR) is 116 cm³/mol. The second kappa shape index (κ2) is 21.7. The number of unbranched alkanes of at least 4 members (excludes halogenated alkanes) is 15. The van der Waals surface area contributed by atoms with Gasteiger partial charge >= 0.3 is 11.9 Å². The van der Waals surface area contributed by atoms with Crippen LogP contribution in [0, 0.1) is 0 Å². The lowest BCUT2D eigenvalue weighted by atomic mass is 10.0. The van der Waals surface area contributed by atoms with E-state index >= 15 is 0 Å². The summed E-state index contributed by atoms with van der Waals surface area (Å²) in [5.74, 6) is -0.632. The van der Waals surface area contributed by atoms with Crippen molar-refractivity contribution in [2.24, 2.45) is 0 Å². The number of ether oxygens (including phenoxy) is 2. The molecule has 162 valence electrons. The van der Waals surface area contributed by atoms with Gasteiger partial charge in [0.15, 0.2) is 0 Å². The van der Waals surface area contributed by atoms with Crippen LogP contribution in [0.1, 0.15) is 103 Å². The molecule has 0 aromatic heterocycles. The quantitative estimate of drug-likeness (QED) is 0.124. The number of carbonyl (C=O) groups is 2. The first-order valence-corrected chi connectivity index (χ1v) is 11.3. The molecule has 0 fully saturated rings. The lowest BCUT2D eigenvalue weighted by Crippen LogP contribution is -2.01. The van der Waals surface area contributed by atoms with Crippen molar-refractivity contribution in [1.82, 2.24) is 0 Å². The molecule has 0 radical (unpaired) electrons. The minimum atomic E-state index is -0.316. The van der Waals surface area contributed by atoms with Crippen LogP contribution in [0.4, 0.5) is 0 Å². The Hall–Kier alpha value is -1.58. The van der Waals surface area contributed by atoms with Gasteiger partial charge in [-0.2, -0.15) is 0 Å². The Morgan fingerprint density at radius 3 is 0.893 bits per heavy atom. The van der Waals surface area contributed by atoms with Crippen molar-refractivity contribution >= 4 is 11.9 Å². The molecule has 28 heavy (non-hydrogen) atoms. The van der Waals surface area contributed by atoms with E-state index in [9.17, 15) is 9.59 Å². The number of esters is 2. The van der Waals surface area contributed by atoms with Crippen molar-refractivity contribution in [3.05, 3.63) is 25.3 Å². The smallest absolute Gasteiger partial charge is 0.330 e. The number of rotatable bonds is 21. The minimum absolute atomic E-state index is 0.316. The first-order valence-electron chi connectivity index (χ1n) is 11.3. The van der Waals surface area contributed by atoms with Crippen LogP contribution >= 0.6 is 0 Å². The van der Waals surface area contributed by atoms with Crippen molar-refractivity contribution < 1.29 is 19.1 Å². The van der Waals surface area contributed by atoms with Gasteiger partial charge in [-0.15, -0.1) is 0 Å². The molecule has 0 unspecified atom stereocenters. The van der Waals surface area contributed by atoms with E-state index in [0.717, 1.165) is 25.7 Å². The Kier molecular flexibility index (Phi) is 20.5. The van der Waals surface area contributed by atoms with Crippen molar-refractivity contribution in [3.63, 3.8) is 0 Å². The Balaban J connectivity index is 3.06. The van der Waals surface area contributed by atoms with Gasteiger partial charge in [0.2, 0.25) is 0 Å². The number of carbonyl (C=O) groups excluding carboxylic acids is 2. The fourth-order valence-corrected chi connectivity index (χ4v) is 3.14. The van der Waals surface area contributed by atoms with Gasteiger partial charge in [-0.25, -0.2) is 9.59 Å². The van der Waals surface area contributed by atoms with Crippen LogP contribution in [0.2, 0.25) is 0 Å². The second-order valence-corrected chi connectivity index (χ2v) is 7.40. The molecule has 0 rings (SSSR count). The highest BCUT2D eigenvalue weighted by atomic mass is 16.5. The molecule has 0 spiro atoms. The van der Waals surface area contributed by atoms with Crippen LogP contribution in [0.15, 0.2) is 25.3 Å². The minimum Gasteiger partial charge on any atom is -0.463 e. The van der Waals surface area contributed by atoms with E-state index in [2.05, 4.69) is 13.2 Å². The van der Waals surface area contributed by atoms with Crippen LogP contribution in [-0.4, -0.2) is 25.2 Å². The Labute approximate surface area is 172 Å². The summed E-state index contributed by atoms with van der Waals surface area (Å²) in [6, 6.07) is 0. The first kappa shape index (κ1) is 26.4. The summed E-state index contributed by atoms with van der Waals surface area (Å²) >= 11 is 0. The highest BCUT2D eigenvalue weighted by molar-refractivity contribution is 5.81. The molecular weight excluding hydrogens is 352 g/mol. The third-order valence-corrected chi connectivity index (χ3v) is 4.86. The van der Waals surface area contributed by atoms with Gasteiger partial charge in [-0.1, -0.05) is 103 Å². The molecule has 0 aromatic rings. The maximum Gasteiger partial charge on any atom is 0.330 e. The topological polar surface area (TPSA) is 52.6 Å². The largest absolute Gasteiger partial charge is 0.463 e. The van der Waals surface area contributed by atoms with Gasteiger partial charge in [0, 0.05) is 12.2 Å². The molecule has 4 heteroatoms. The molecule has 0 bridgehead atoms. The normalized spacial score (nSPS) is 10.4. The zero-order chi connectivity index (χ0) is 20.7. The molecule has 0 saturated heterocycles. The van der Waals surface area contributed by atoms with Crippen LogP contribution in [0.5, 0.6) is 0 Å². The van der Waals surface area contributed by atoms with E-state index in [1.54, 1.807) is 0 Å². The molecule has 0 aliphatic rings. The van der Waals surface area contributed by atoms with Crippen LogP contribution in [0.25, 0.3) is 0 Å². The highest BCUT2D eigenvalue weighted by Crippen LogP contribution is 2.13. The molecule has 0 N–H and O–H groups in total. The van der Waals surface area contributed by atoms with E-state index in [-0.39, 0.29) is 11.9 Å². The van der Waals surface area contributed by atoms with Gasteiger partial charge < -0.3 is 9.47 Å². The number of hydrogen-bond acceptors (Lipinski definition) is 4. The zero-order valence-electron chi connectivity index (χ0n) is 17.9. The molecular formula is C24H42O4. The highest BCUT2D eigenvalue weighted by Gasteiger charge is 1.97. The summed E-state index contributed by atoms with van der Waals surface area (Å²) in [6.45, 7) is 7.81. The van der Waals surface area contributed by atoms with E-state index in [4.69, 9.17) is 9.47 Å². The van der Waals surface area contributed by atoms with E-state index < -0.39 is 0 Å². The molecule has 0 aliphatic carbocycles. The third kappa shape index (κ3) is 20.7. The molecule has 0 aromatic carbocycles. The van der Waals surface area contributed by atoms with E-state index in [0.29, 0.717) is 13.2 Å². The van der Waals surface area contributed by atoms with Gasteiger partial charge in [-0.3, -0.25) is 0 Å². The van der Waals surface area contributed by atoms with E-state index in [1.165, 1.54) is 89.2 Å². The predicted octanol–water partition coefficient (Wildman–Crippen LogP) is 6.69. The molecule has 0 saturated carbocycles. The van der Waals surface area contributed by atoms with Gasteiger partial charge in [0.1, 0.15) is 0 Å². The van der Waals surface area contributed by atoms with Gasteiger partial charge in [0.05, 0.1) is 13.2 Å². The maximum atomic E-state index is 10.9. The molecule has 0 aliphatic heterocycles. The van der Waals surface area contributed by atoms with Crippen molar-refractivity contribution in [3.8, 4) is 0 Å². The maximum absolute atomic E-state index is 10.9. The summed E-state index contributed by atoms with van der Waals surface area (Å²) < 4.78 is 9.91. The fraction of sp³-hybridized carbons (Fsp3) is 0.750. The lowest BCUT2D eigenvalue weighted by Gasteiger charge is -2.04. The average Bonchev–Trinajstić information content (AvgIpc) is 2.71. The van der Waals surface area contributed by atoms with Crippen LogP contribution in [-0.2, 0) is 19.1 Å². The Morgan fingerprint density at radius 2 is 0.679 bits per heavy atom.